The van der Waals surface area contributed by atoms with E-state index in [0.29, 0.717) is 11.4 Å². The summed E-state index contributed by atoms with van der Waals surface area (Å²) in [5.41, 5.74) is 0.676. The molecule has 1 atom stereocenters. The van der Waals surface area contributed by atoms with Gasteiger partial charge in [0.15, 0.2) is 0 Å². The normalized spacial score (nSPS) is 12.3. The van der Waals surface area contributed by atoms with E-state index in [-0.39, 0.29) is 17.1 Å². The average molecular weight is 239 g/mol. The molecule has 0 saturated carbocycles. The van der Waals surface area contributed by atoms with Crippen molar-refractivity contribution < 1.29 is 9.53 Å². The molecular formula is C12H17NO2S. The van der Waals surface area contributed by atoms with E-state index in [1.165, 1.54) is 0 Å². The van der Waals surface area contributed by atoms with E-state index in [0.717, 1.165) is 0 Å². The minimum Gasteiger partial charge on any atom is -0.495 e. The lowest BCUT2D eigenvalue weighted by molar-refractivity contribution is -0.116. The molecule has 1 aromatic rings. The molecule has 1 unspecified atom stereocenters. The number of rotatable bonds is 4. The zero-order valence-corrected chi connectivity index (χ0v) is 10.6. The van der Waals surface area contributed by atoms with Crippen molar-refractivity contribution in [1.82, 2.24) is 0 Å². The molecule has 0 fully saturated rings. The van der Waals surface area contributed by atoms with Crippen molar-refractivity contribution in [3.63, 3.8) is 0 Å². The van der Waals surface area contributed by atoms with Gasteiger partial charge in [-0.25, -0.2) is 0 Å². The van der Waals surface area contributed by atoms with Crippen LogP contribution in [-0.2, 0) is 4.79 Å². The highest BCUT2D eigenvalue weighted by atomic mass is 32.1. The molecular weight excluding hydrogens is 222 g/mol. The lowest BCUT2D eigenvalue weighted by Crippen LogP contribution is -2.27. The third-order valence-corrected chi connectivity index (χ3v) is 3.10. The molecule has 16 heavy (non-hydrogen) atoms. The largest absolute Gasteiger partial charge is 0.495 e. The van der Waals surface area contributed by atoms with Crippen LogP contribution in [0.3, 0.4) is 0 Å². The van der Waals surface area contributed by atoms with Gasteiger partial charge < -0.3 is 10.1 Å². The summed E-state index contributed by atoms with van der Waals surface area (Å²) in [6.07, 6.45) is 0. The minimum atomic E-state index is -0.315. The minimum absolute atomic E-state index is 0.108. The number of thiol groups is 1. The molecule has 0 radical (unpaired) electrons. The predicted octanol–water partition coefficient (Wildman–Crippen LogP) is 2.59. The van der Waals surface area contributed by atoms with Gasteiger partial charge in [0.1, 0.15) is 5.75 Å². The summed E-state index contributed by atoms with van der Waals surface area (Å²) in [5, 5.41) is 2.49. The van der Waals surface area contributed by atoms with Crippen LogP contribution in [-0.4, -0.2) is 18.3 Å². The first kappa shape index (κ1) is 12.9. The number of amides is 1. The molecule has 0 aliphatic carbocycles. The van der Waals surface area contributed by atoms with Crippen LogP contribution in [0.25, 0.3) is 0 Å². The molecule has 1 aromatic carbocycles. The number of anilines is 1. The predicted molar refractivity (Wildman–Crippen MR) is 69.2 cm³/mol. The van der Waals surface area contributed by atoms with Crippen molar-refractivity contribution in [1.29, 1.82) is 0 Å². The molecule has 1 rings (SSSR count). The number of hydrogen-bond donors (Lipinski definition) is 2. The Hall–Kier alpha value is -1.16. The van der Waals surface area contributed by atoms with Gasteiger partial charge in [-0.15, -0.1) is 0 Å². The first-order valence-electron chi connectivity index (χ1n) is 5.18. The number of ether oxygens (including phenoxy) is 1. The second kappa shape index (κ2) is 5.80. The third-order valence-electron chi connectivity index (χ3n) is 2.26. The van der Waals surface area contributed by atoms with E-state index in [1.807, 2.05) is 26.0 Å². The van der Waals surface area contributed by atoms with Gasteiger partial charge in [-0.05, 0) is 18.1 Å². The fraction of sp³-hybridized carbons (Fsp3) is 0.417. The van der Waals surface area contributed by atoms with Crippen molar-refractivity contribution in [3.05, 3.63) is 24.3 Å². The summed E-state index contributed by atoms with van der Waals surface area (Å²) < 4.78 is 5.15. The van der Waals surface area contributed by atoms with Crippen molar-refractivity contribution in [2.45, 2.75) is 19.1 Å². The Labute approximate surface area is 102 Å². The van der Waals surface area contributed by atoms with E-state index < -0.39 is 0 Å². The molecule has 0 aliphatic heterocycles. The smallest absolute Gasteiger partial charge is 0.237 e. The highest BCUT2D eigenvalue weighted by molar-refractivity contribution is 7.81. The molecule has 1 N–H and O–H groups in total. The Balaban J connectivity index is 2.76. The van der Waals surface area contributed by atoms with E-state index in [2.05, 4.69) is 17.9 Å². The van der Waals surface area contributed by atoms with Crippen LogP contribution in [0.2, 0.25) is 0 Å². The number of para-hydroxylation sites is 2. The first-order chi connectivity index (χ1) is 7.56. The Morgan fingerprint density at radius 2 is 2.00 bits per heavy atom. The number of carbonyl (C=O) groups excluding carboxylic acids is 1. The molecule has 0 bridgehead atoms. The average Bonchev–Trinajstić information content (AvgIpc) is 2.28. The molecule has 0 heterocycles. The van der Waals surface area contributed by atoms with E-state index in [4.69, 9.17) is 4.74 Å². The Morgan fingerprint density at radius 1 is 1.38 bits per heavy atom. The zero-order valence-electron chi connectivity index (χ0n) is 9.73. The molecule has 0 aliphatic rings. The maximum atomic E-state index is 11.8. The molecule has 0 saturated heterocycles. The SMILES string of the molecule is COc1ccccc1NC(=O)C(S)C(C)C. The summed E-state index contributed by atoms with van der Waals surface area (Å²) in [7, 11) is 1.58. The van der Waals surface area contributed by atoms with Crippen molar-refractivity contribution in [2.75, 3.05) is 12.4 Å². The third kappa shape index (κ3) is 3.17. The van der Waals surface area contributed by atoms with Crippen LogP contribution in [0.1, 0.15) is 13.8 Å². The fourth-order valence-electron chi connectivity index (χ4n) is 1.26. The van der Waals surface area contributed by atoms with Gasteiger partial charge in [-0.2, -0.15) is 12.6 Å². The second-order valence-corrected chi connectivity index (χ2v) is 4.43. The maximum absolute atomic E-state index is 11.8. The first-order valence-corrected chi connectivity index (χ1v) is 5.70. The molecule has 4 heteroatoms. The standard InChI is InChI=1S/C12H17NO2S/c1-8(2)11(16)12(14)13-9-6-4-5-7-10(9)15-3/h4-8,11,16H,1-3H3,(H,13,14). The molecule has 0 spiro atoms. The lowest BCUT2D eigenvalue weighted by atomic mass is 10.1. The van der Waals surface area contributed by atoms with Crippen LogP contribution in [0.5, 0.6) is 5.75 Å². The van der Waals surface area contributed by atoms with Crippen LogP contribution in [0.4, 0.5) is 5.69 Å². The van der Waals surface area contributed by atoms with E-state index in [1.54, 1.807) is 19.2 Å². The van der Waals surface area contributed by atoms with Crippen LogP contribution in [0.15, 0.2) is 24.3 Å². The van der Waals surface area contributed by atoms with Gasteiger partial charge in [0.2, 0.25) is 5.91 Å². The highest BCUT2D eigenvalue weighted by Gasteiger charge is 2.18. The zero-order chi connectivity index (χ0) is 12.1. The molecule has 1 amide bonds. The van der Waals surface area contributed by atoms with E-state index in [9.17, 15) is 4.79 Å². The summed E-state index contributed by atoms with van der Waals surface area (Å²) in [6, 6.07) is 7.31. The fourth-order valence-corrected chi connectivity index (χ4v) is 1.32. The highest BCUT2D eigenvalue weighted by Crippen LogP contribution is 2.24. The van der Waals surface area contributed by atoms with Gasteiger partial charge in [-0.1, -0.05) is 26.0 Å². The number of methoxy groups -OCH3 is 1. The van der Waals surface area contributed by atoms with Crippen LogP contribution in [0, 0.1) is 5.92 Å². The van der Waals surface area contributed by atoms with Crippen LogP contribution < -0.4 is 10.1 Å². The van der Waals surface area contributed by atoms with Crippen LogP contribution >= 0.6 is 12.6 Å². The summed E-state index contributed by atoms with van der Waals surface area (Å²) in [6.45, 7) is 3.92. The number of carbonyl (C=O) groups is 1. The lowest BCUT2D eigenvalue weighted by Gasteiger charge is -2.16. The Kier molecular flexibility index (Phi) is 4.68. The Bertz CT molecular complexity index is 366. The van der Waals surface area contributed by atoms with Crippen molar-refractivity contribution in [2.24, 2.45) is 5.92 Å². The number of hydrogen-bond acceptors (Lipinski definition) is 3. The van der Waals surface area contributed by atoms with Crippen molar-refractivity contribution >= 4 is 24.2 Å². The second-order valence-electron chi connectivity index (χ2n) is 3.88. The maximum Gasteiger partial charge on any atom is 0.237 e. The van der Waals surface area contributed by atoms with Gasteiger partial charge in [0, 0.05) is 0 Å². The molecule has 88 valence electrons. The number of nitrogens with one attached hydrogen (secondary N) is 1. The summed E-state index contributed by atoms with van der Waals surface area (Å²) in [5.74, 6) is 0.737. The van der Waals surface area contributed by atoms with Gasteiger partial charge in [0.05, 0.1) is 18.0 Å². The van der Waals surface area contributed by atoms with Gasteiger partial charge in [-0.3, -0.25) is 4.79 Å². The summed E-state index contributed by atoms with van der Waals surface area (Å²) >= 11 is 4.26. The quantitative estimate of drug-likeness (QED) is 0.793. The summed E-state index contributed by atoms with van der Waals surface area (Å²) in [4.78, 5) is 11.8. The molecule has 3 nitrogen and oxygen atoms in total. The van der Waals surface area contributed by atoms with Gasteiger partial charge >= 0.3 is 0 Å². The monoisotopic (exact) mass is 239 g/mol. The Morgan fingerprint density at radius 3 is 2.56 bits per heavy atom. The van der Waals surface area contributed by atoms with Gasteiger partial charge in [0.25, 0.3) is 0 Å². The number of benzene rings is 1. The molecule has 0 aromatic heterocycles. The topological polar surface area (TPSA) is 38.3 Å². The van der Waals surface area contributed by atoms with E-state index >= 15 is 0 Å². The van der Waals surface area contributed by atoms with Crippen molar-refractivity contribution in [3.8, 4) is 5.75 Å².